The van der Waals surface area contributed by atoms with Crippen LogP contribution in [-0.4, -0.2) is 23.1 Å². The molecule has 0 radical (unpaired) electrons. The molecular formula is C17H16N4O2S. The van der Waals surface area contributed by atoms with Crippen LogP contribution in [0.25, 0.3) is 11.3 Å². The predicted molar refractivity (Wildman–Crippen MR) is 94.2 cm³/mol. The number of ether oxygens (including phenoxy) is 1. The zero-order valence-corrected chi connectivity index (χ0v) is 13.8. The van der Waals surface area contributed by atoms with E-state index >= 15 is 0 Å². The van der Waals surface area contributed by atoms with Gasteiger partial charge < -0.3 is 15.4 Å². The zero-order valence-electron chi connectivity index (χ0n) is 13.0. The molecule has 0 bridgehead atoms. The number of nitrogens with zero attached hydrogens (tertiary/aromatic N) is 2. The summed E-state index contributed by atoms with van der Waals surface area (Å²) in [5.74, 6) is 0.603. The van der Waals surface area contributed by atoms with Gasteiger partial charge in [-0.3, -0.25) is 9.97 Å². The van der Waals surface area contributed by atoms with Crippen molar-refractivity contribution < 1.29 is 9.53 Å². The number of hydrogen-bond acceptors (Lipinski definition) is 5. The van der Waals surface area contributed by atoms with Gasteiger partial charge in [0.15, 0.2) is 0 Å². The van der Waals surface area contributed by atoms with Crippen molar-refractivity contribution >= 4 is 23.1 Å². The van der Waals surface area contributed by atoms with Gasteiger partial charge in [0.1, 0.15) is 5.75 Å². The molecular weight excluding hydrogens is 324 g/mol. The molecule has 0 fully saturated rings. The molecule has 0 unspecified atom stereocenters. The van der Waals surface area contributed by atoms with E-state index < -0.39 is 0 Å². The number of hydrogen-bond donors (Lipinski definition) is 2. The highest BCUT2D eigenvalue weighted by molar-refractivity contribution is 7.08. The van der Waals surface area contributed by atoms with Gasteiger partial charge in [-0.1, -0.05) is 12.1 Å². The Bertz CT molecular complexity index is 821. The quantitative estimate of drug-likeness (QED) is 0.745. The predicted octanol–water partition coefficient (Wildman–Crippen LogP) is 3.54. The standard InChI is InChI=1S/C17H16N4O2S/c1-23-15-5-3-2-4-13(15)21-17(22)20-10-14-16(19-8-7-18-14)12-6-9-24-11-12/h2-9,11H,10H2,1H3,(H2,20,21,22). The molecule has 3 rings (SSSR count). The molecule has 0 saturated carbocycles. The molecule has 24 heavy (non-hydrogen) atoms. The van der Waals surface area contributed by atoms with Gasteiger partial charge in [-0.25, -0.2) is 4.79 Å². The summed E-state index contributed by atoms with van der Waals surface area (Å²) in [6, 6.07) is 8.88. The van der Waals surface area contributed by atoms with E-state index in [1.807, 2.05) is 29.0 Å². The summed E-state index contributed by atoms with van der Waals surface area (Å²) < 4.78 is 5.21. The van der Waals surface area contributed by atoms with Gasteiger partial charge in [0.25, 0.3) is 0 Å². The third kappa shape index (κ3) is 3.69. The van der Waals surface area contributed by atoms with Gasteiger partial charge in [-0.15, -0.1) is 0 Å². The minimum atomic E-state index is -0.332. The van der Waals surface area contributed by atoms with Crippen molar-refractivity contribution in [3.8, 4) is 17.0 Å². The number of amides is 2. The van der Waals surface area contributed by atoms with Crippen LogP contribution in [-0.2, 0) is 6.54 Å². The maximum atomic E-state index is 12.1. The first kappa shape index (κ1) is 15.9. The second kappa shape index (κ2) is 7.56. The second-order valence-corrected chi connectivity index (χ2v) is 5.65. The molecule has 1 aromatic carbocycles. The summed E-state index contributed by atoms with van der Waals surface area (Å²) in [5.41, 5.74) is 3.09. The second-order valence-electron chi connectivity index (χ2n) is 4.87. The van der Waals surface area contributed by atoms with Crippen LogP contribution in [0, 0.1) is 0 Å². The first-order valence-electron chi connectivity index (χ1n) is 7.28. The average molecular weight is 340 g/mol. The molecule has 0 aliphatic carbocycles. The summed E-state index contributed by atoms with van der Waals surface area (Å²) in [6.45, 7) is 0.278. The lowest BCUT2D eigenvalue weighted by molar-refractivity contribution is 0.251. The number of aromatic nitrogens is 2. The van der Waals surface area contributed by atoms with Crippen LogP contribution >= 0.6 is 11.3 Å². The van der Waals surface area contributed by atoms with Gasteiger partial charge >= 0.3 is 6.03 Å². The van der Waals surface area contributed by atoms with Gasteiger partial charge in [-0.05, 0) is 23.6 Å². The Balaban J connectivity index is 1.67. The van der Waals surface area contributed by atoms with Crippen LogP contribution in [0.3, 0.4) is 0 Å². The Labute approximate surface area is 143 Å². The molecule has 0 saturated heterocycles. The summed E-state index contributed by atoms with van der Waals surface area (Å²) in [5, 5.41) is 9.55. The van der Waals surface area contributed by atoms with Gasteiger partial charge in [0.05, 0.1) is 30.7 Å². The largest absolute Gasteiger partial charge is 0.495 e. The lowest BCUT2D eigenvalue weighted by atomic mass is 10.2. The minimum absolute atomic E-state index is 0.278. The Morgan fingerprint density at radius 2 is 2.04 bits per heavy atom. The van der Waals surface area contributed by atoms with Crippen molar-refractivity contribution in [1.29, 1.82) is 0 Å². The number of para-hydroxylation sites is 2. The van der Waals surface area contributed by atoms with Crippen molar-refractivity contribution in [2.75, 3.05) is 12.4 Å². The molecule has 0 aliphatic rings. The number of nitrogens with one attached hydrogen (secondary N) is 2. The van der Waals surface area contributed by atoms with Crippen molar-refractivity contribution in [3.05, 3.63) is 59.2 Å². The Morgan fingerprint density at radius 3 is 2.83 bits per heavy atom. The summed E-state index contributed by atoms with van der Waals surface area (Å²) in [6.07, 6.45) is 3.26. The van der Waals surface area contributed by atoms with E-state index in [0.29, 0.717) is 17.1 Å². The van der Waals surface area contributed by atoms with E-state index in [-0.39, 0.29) is 12.6 Å². The molecule has 2 N–H and O–H groups in total. The summed E-state index contributed by atoms with van der Waals surface area (Å²) >= 11 is 1.59. The van der Waals surface area contributed by atoms with Crippen LogP contribution in [0.2, 0.25) is 0 Å². The van der Waals surface area contributed by atoms with E-state index in [2.05, 4.69) is 20.6 Å². The number of carbonyl (C=O) groups excluding carboxylic acids is 1. The Hall–Kier alpha value is -2.93. The molecule has 2 amide bonds. The van der Waals surface area contributed by atoms with Gasteiger partial charge in [-0.2, -0.15) is 11.3 Å². The third-order valence-corrected chi connectivity index (χ3v) is 4.02. The lowest BCUT2D eigenvalue weighted by Crippen LogP contribution is -2.29. The number of carbonyl (C=O) groups is 1. The smallest absolute Gasteiger partial charge is 0.319 e. The maximum Gasteiger partial charge on any atom is 0.319 e. The van der Waals surface area contributed by atoms with Gasteiger partial charge in [0, 0.05) is 23.3 Å². The van der Waals surface area contributed by atoms with Crippen LogP contribution in [0.4, 0.5) is 10.5 Å². The number of urea groups is 1. The minimum Gasteiger partial charge on any atom is -0.495 e. The van der Waals surface area contributed by atoms with Crippen LogP contribution < -0.4 is 15.4 Å². The van der Waals surface area contributed by atoms with Crippen LogP contribution in [0.1, 0.15) is 5.69 Å². The Kier molecular flexibility index (Phi) is 5.02. The zero-order chi connectivity index (χ0) is 16.8. The number of benzene rings is 1. The SMILES string of the molecule is COc1ccccc1NC(=O)NCc1nccnc1-c1ccsc1. The number of methoxy groups -OCH3 is 1. The third-order valence-electron chi connectivity index (χ3n) is 3.34. The fraction of sp³-hybridized carbons (Fsp3) is 0.118. The van der Waals surface area contributed by atoms with Crippen LogP contribution in [0.5, 0.6) is 5.75 Å². The van der Waals surface area contributed by atoms with E-state index in [4.69, 9.17) is 4.74 Å². The molecule has 0 atom stereocenters. The topological polar surface area (TPSA) is 76.1 Å². The van der Waals surface area contributed by atoms with E-state index in [0.717, 1.165) is 11.3 Å². The van der Waals surface area contributed by atoms with E-state index in [1.165, 1.54) is 0 Å². The molecule has 122 valence electrons. The van der Waals surface area contributed by atoms with E-state index in [9.17, 15) is 4.79 Å². The van der Waals surface area contributed by atoms with Crippen molar-refractivity contribution in [2.24, 2.45) is 0 Å². The fourth-order valence-electron chi connectivity index (χ4n) is 2.21. The molecule has 6 nitrogen and oxygen atoms in total. The highest BCUT2D eigenvalue weighted by Crippen LogP contribution is 2.23. The molecule has 3 aromatic rings. The number of thiophene rings is 1. The summed E-state index contributed by atoms with van der Waals surface area (Å²) in [4.78, 5) is 20.8. The first-order chi connectivity index (χ1) is 11.8. The van der Waals surface area contributed by atoms with Gasteiger partial charge in [0.2, 0.25) is 0 Å². The molecule has 0 spiro atoms. The van der Waals surface area contributed by atoms with Crippen LogP contribution in [0.15, 0.2) is 53.5 Å². The number of rotatable bonds is 5. The monoisotopic (exact) mass is 340 g/mol. The summed E-state index contributed by atoms with van der Waals surface area (Å²) in [7, 11) is 1.56. The normalized spacial score (nSPS) is 10.2. The van der Waals surface area contributed by atoms with Crippen molar-refractivity contribution in [2.45, 2.75) is 6.54 Å². The molecule has 2 heterocycles. The molecule has 0 aliphatic heterocycles. The highest BCUT2D eigenvalue weighted by Gasteiger charge is 2.11. The maximum absolute atomic E-state index is 12.1. The van der Waals surface area contributed by atoms with Crippen molar-refractivity contribution in [3.63, 3.8) is 0 Å². The first-order valence-corrected chi connectivity index (χ1v) is 8.22. The highest BCUT2D eigenvalue weighted by atomic mass is 32.1. The molecule has 7 heteroatoms. The molecule has 2 aromatic heterocycles. The Morgan fingerprint density at radius 1 is 1.21 bits per heavy atom. The average Bonchev–Trinajstić information content (AvgIpc) is 3.15. The van der Waals surface area contributed by atoms with Crippen molar-refractivity contribution in [1.82, 2.24) is 15.3 Å². The fourth-order valence-corrected chi connectivity index (χ4v) is 2.86. The number of anilines is 1. The lowest BCUT2D eigenvalue weighted by Gasteiger charge is -2.11. The van der Waals surface area contributed by atoms with E-state index in [1.54, 1.807) is 43.0 Å².